The number of rotatable bonds is 8. The van der Waals surface area contributed by atoms with Gasteiger partial charge in [0.05, 0.1) is 24.5 Å². The smallest absolute Gasteiger partial charge is 0.369 e. The van der Waals surface area contributed by atoms with Crippen molar-refractivity contribution in [3.8, 4) is 0 Å². The van der Waals surface area contributed by atoms with Gasteiger partial charge in [0.15, 0.2) is 0 Å². The molecule has 0 aromatic rings. The number of hydrogen-bond donors (Lipinski definition) is 1. The molecule has 7 nitrogen and oxygen atoms in total. The average Bonchev–Trinajstić information content (AvgIpc) is 2.90. The van der Waals surface area contributed by atoms with Gasteiger partial charge in [-0.3, -0.25) is 9.59 Å². The molecule has 1 N–H and O–H groups in total. The molecule has 0 aliphatic carbocycles. The fourth-order valence-electron chi connectivity index (χ4n) is 2.16. The van der Waals surface area contributed by atoms with E-state index in [2.05, 4.69) is 0 Å². The van der Waals surface area contributed by atoms with Gasteiger partial charge in [-0.2, -0.15) is 0 Å². The van der Waals surface area contributed by atoms with Crippen molar-refractivity contribution in [3.05, 3.63) is 0 Å². The number of ether oxygens (including phenoxy) is 2. The van der Waals surface area contributed by atoms with Gasteiger partial charge < -0.3 is 19.5 Å². The summed E-state index contributed by atoms with van der Waals surface area (Å²) in [6, 6.07) is 0. The Morgan fingerprint density at radius 1 is 1.41 bits per heavy atom. The number of aliphatic hydroxyl groups is 1. The van der Waals surface area contributed by atoms with Gasteiger partial charge in [0.2, 0.25) is 5.91 Å². The van der Waals surface area contributed by atoms with Crippen LogP contribution in [0.5, 0.6) is 0 Å². The zero-order chi connectivity index (χ0) is 16.5. The minimum absolute atomic E-state index is 0.0160. The molecule has 2 atom stereocenters. The zero-order valence-corrected chi connectivity index (χ0v) is 13.8. The van der Waals surface area contributed by atoms with Crippen LogP contribution in [0.15, 0.2) is 0 Å². The van der Waals surface area contributed by atoms with Crippen LogP contribution in [-0.4, -0.2) is 58.9 Å². The van der Waals surface area contributed by atoms with Gasteiger partial charge in [-0.25, -0.2) is 4.79 Å². The van der Waals surface area contributed by atoms with Crippen LogP contribution >= 0.6 is 11.8 Å². The number of carbonyl (C=O) groups excluding carboxylic acids is 3. The molecule has 0 aromatic heterocycles. The van der Waals surface area contributed by atoms with Crippen molar-refractivity contribution in [3.63, 3.8) is 0 Å². The molecule has 2 unspecified atom stereocenters. The van der Waals surface area contributed by atoms with Crippen molar-refractivity contribution < 1.29 is 29.0 Å². The SMILES string of the molecule is CCOC(=O)SC(CC(C)C(=O)OCCO)N1CCCC1=O. The summed E-state index contributed by atoms with van der Waals surface area (Å²) in [5.41, 5.74) is 0. The minimum Gasteiger partial charge on any atom is -0.463 e. The van der Waals surface area contributed by atoms with Gasteiger partial charge in [0.1, 0.15) is 6.61 Å². The number of amides is 1. The normalized spacial score (nSPS) is 17.2. The molecule has 1 heterocycles. The maximum absolute atomic E-state index is 11.9. The van der Waals surface area contributed by atoms with Gasteiger partial charge in [0.25, 0.3) is 0 Å². The molecule has 0 aromatic carbocycles. The van der Waals surface area contributed by atoms with E-state index in [-0.39, 0.29) is 25.7 Å². The highest BCUT2D eigenvalue weighted by Crippen LogP contribution is 2.29. The second-order valence-corrected chi connectivity index (χ2v) is 6.09. The third kappa shape index (κ3) is 5.84. The van der Waals surface area contributed by atoms with E-state index < -0.39 is 22.6 Å². The number of esters is 1. The fraction of sp³-hybridized carbons (Fsp3) is 0.786. The van der Waals surface area contributed by atoms with E-state index >= 15 is 0 Å². The summed E-state index contributed by atoms with van der Waals surface area (Å²) in [6.07, 6.45) is 1.52. The van der Waals surface area contributed by atoms with E-state index in [0.717, 1.165) is 18.2 Å². The van der Waals surface area contributed by atoms with Crippen molar-refractivity contribution in [2.45, 2.75) is 38.5 Å². The molecule has 1 rings (SSSR count). The first-order valence-electron chi connectivity index (χ1n) is 7.40. The average molecular weight is 333 g/mol. The highest BCUT2D eigenvalue weighted by molar-refractivity contribution is 8.13. The molecule has 1 amide bonds. The fourth-order valence-corrected chi connectivity index (χ4v) is 3.31. The van der Waals surface area contributed by atoms with Gasteiger partial charge in [0, 0.05) is 13.0 Å². The lowest BCUT2D eigenvalue weighted by Crippen LogP contribution is -2.37. The standard InChI is InChI=1S/C14H23NO6S/c1-3-20-14(19)22-12(15-6-4-5-11(15)17)9-10(2)13(18)21-8-7-16/h10,12,16H,3-9H2,1-2H3. The maximum atomic E-state index is 11.9. The third-order valence-corrected chi connectivity index (χ3v) is 4.27. The maximum Gasteiger partial charge on any atom is 0.369 e. The molecule has 1 fully saturated rings. The highest BCUT2D eigenvalue weighted by atomic mass is 32.2. The Labute approximate surface area is 134 Å². The molecule has 0 saturated carbocycles. The molecule has 0 bridgehead atoms. The van der Waals surface area contributed by atoms with Crippen LogP contribution < -0.4 is 0 Å². The van der Waals surface area contributed by atoms with Crippen LogP contribution in [0.1, 0.15) is 33.1 Å². The second-order valence-electron chi connectivity index (χ2n) is 4.97. The number of hydrogen-bond acceptors (Lipinski definition) is 7. The summed E-state index contributed by atoms with van der Waals surface area (Å²) < 4.78 is 9.79. The van der Waals surface area contributed by atoms with Crippen LogP contribution in [0, 0.1) is 5.92 Å². The van der Waals surface area contributed by atoms with Gasteiger partial charge in [-0.15, -0.1) is 0 Å². The van der Waals surface area contributed by atoms with E-state index in [4.69, 9.17) is 14.6 Å². The molecule has 0 spiro atoms. The Morgan fingerprint density at radius 2 is 2.14 bits per heavy atom. The van der Waals surface area contributed by atoms with E-state index in [1.165, 1.54) is 0 Å². The van der Waals surface area contributed by atoms with Gasteiger partial charge in [-0.05, 0) is 31.5 Å². The number of thioether (sulfide) groups is 1. The summed E-state index contributed by atoms with van der Waals surface area (Å²) in [5, 5.41) is 7.77. The zero-order valence-electron chi connectivity index (χ0n) is 12.9. The van der Waals surface area contributed by atoms with Crippen molar-refractivity contribution >= 4 is 28.9 Å². The van der Waals surface area contributed by atoms with Crippen molar-refractivity contribution in [2.75, 3.05) is 26.4 Å². The van der Waals surface area contributed by atoms with Crippen LogP contribution in [0.4, 0.5) is 4.79 Å². The number of aliphatic hydroxyl groups excluding tert-OH is 1. The largest absolute Gasteiger partial charge is 0.463 e. The quantitative estimate of drug-likeness (QED) is 0.671. The number of carbonyl (C=O) groups is 3. The summed E-state index contributed by atoms with van der Waals surface area (Å²) >= 11 is 0.927. The molecule has 1 aliphatic heterocycles. The van der Waals surface area contributed by atoms with Crippen LogP contribution in [0.2, 0.25) is 0 Å². The minimum atomic E-state index is -0.480. The summed E-state index contributed by atoms with van der Waals surface area (Å²) in [7, 11) is 0. The highest BCUT2D eigenvalue weighted by Gasteiger charge is 2.33. The first-order chi connectivity index (χ1) is 10.5. The van der Waals surface area contributed by atoms with Crippen molar-refractivity contribution in [1.29, 1.82) is 0 Å². The molecular formula is C14H23NO6S. The third-order valence-electron chi connectivity index (χ3n) is 3.25. The van der Waals surface area contributed by atoms with Crippen molar-refractivity contribution in [2.24, 2.45) is 5.92 Å². The van der Waals surface area contributed by atoms with Gasteiger partial charge in [-0.1, -0.05) is 6.92 Å². The monoisotopic (exact) mass is 333 g/mol. The van der Waals surface area contributed by atoms with Crippen molar-refractivity contribution in [1.82, 2.24) is 4.90 Å². The Morgan fingerprint density at radius 3 is 2.68 bits per heavy atom. The van der Waals surface area contributed by atoms with Crippen LogP contribution in [-0.2, 0) is 19.1 Å². The number of likely N-dealkylation sites (tertiary alicyclic amines) is 1. The molecular weight excluding hydrogens is 310 g/mol. The first kappa shape index (κ1) is 18.8. The molecule has 1 aliphatic rings. The Bertz CT molecular complexity index is 403. The second kappa shape index (κ2) is 9.68. The Hall–Kier alpha value is -1.28. The molecule has 1 saturated heterocycles. The molecule has 0 radical (unpaired) electrons. The topological polar surface area (TPSA) is 93.1 Å². The lowest BCUT2D eigenvalue weighted by atomic mass is 10.1. The Balaban J connectivity index is 2.66. The van der Waals surface area contributed by atoms with Crippen LogP contribution in [0.3, 0.4) is 0 Å². The molecule has 126 valence electrons. The Kier molecular flexibility index (Phi) is 8.26. The van der Waals surface area contributed by atoms with E-state index in [9.17, 15) is 14.4 Å². The summed E-state index contributed by atoms with van der Waals surface area (Å²) in [6.45, 7) is 3.95. The predicted octanol–water partition coefficient (Wildman–Crippen LogP) is 1.39. The first-order valence-corrected chi connectivity index (χ1v) is 8.27. The predicted molar refractivity (Wildman–Crippen MR) is 81.2 cm³/mol. The van der Waals surface area contributed by atoms with E-state index in [1.807, 2.05) is 0 Å². The van der Waals surface area contributed by atoms with E-state index in [0.29, 0.717) is 19.4 Å². The lowest BCUT2D eigenvalue weighted by Gasteiger charge is -2.28. The van der Waals surface area contributed by atoms with Gasteiger partial charge >= 0.3 is 11.3 Å². The molecule has 22 heavy (non-hydrogen) atoms. The summed E-state index contributed by atoms with van der Waals surface area (Å²) in [5.74, 6) is -0.945. The van der Waals surface area contributed by atoms with Crippen LogP contribution in [0.25, 0.3) is 0 Å². The number of nitrogens with zero attached hydrogens (tertiary/aromatic N) is 1. The lowest BCUT2D eigenvalue weighted by molar-refractivity contribution is -0.149. The molecule has 8 heteroatoms. The summed E-state index contributed by atoms with van der Waals surface area (Å²) in [4.78, 5) is 37.0. The van der Waals surface area contributed by atoms with E-state index in [1.54, 1.807) is 18.7 Å².